The fraction of sp³-hybridized carbons (Fsp3) is 0.375. The van der Waals surface area contributed by atoms with Crippen LogP contribution in [0.3, 0.4) is 0 Å². The Balaban J connectivity index is -0.0000000709. The average molecular weight is 493 g/mol. The first kappa shape index (κ1) is 35.2. The normalized spacial score (nSPS) is 8.59. The second-order valence-corrected chi connectivity index (χ2v) is 7.11. The molecule has 0 saturated heterocycles. The molecule has 2 aromatic rings. The number of carboxylic acids is 1. The first-order valence-corrected chi connectivity index (χ1v) is 9.48. The minimum atomic E-state index is -1.67. The van der Waals surface area contributed by atoms with Crippen LogP contribution in [-0.4, -0.2) is 53.3 Å². The Hall–Kier alpha value is -1.22. The summed E-state index contributed by atoms with van der Waals surface area (Å²) in [6.45, 7) is 3.40. The van der Waals surface area contributed by atoms with Gasteiger partial charge in [-0.1, -0.05) is 22.3 Å². The highest BCUT2D eigenvalue weighted by atomic mass is 36.0. The predicted molar refractivity (Wildman–Crippen MR) is 128 cm³/mol. The van der Waals surface area contributed by atoms with Crippen LogP contribution in [0.15, 0.2) is 12.4 Å². The highest BCUT2D eigenvalue weighted by molar-refractivity contribution is 8.26. The Bertz CT molecular complexity index is 724. The number of aromatic amines is 2. The molecule has 0 aliphatic carbocycles. The van der Waals surface area contributed by atoms with E-state index in [4.69, 9.17) is 38.0 Å². The zero-order valence-corrected chi connectivity index (χ0v) is 16.7. The third-order valence-corrected chi connectivity index (χ3v) is 3.01. The van der Waals surface area contributed by atoms with Gasteiger partial charge in [0.05, 0.1) is 19.7 Å². The van der Waals surface area contributed by atoms with Gasteiger partial charge in [-0.15, -0.1) is 0 Å². The Morgan fingerprint density at radius 1 is 1.10 bits per heavy atom. The zero-order chi connectivity index (χ0) is 21.7. The minimum Gasteiger partial charge on any atom is -0.478 e. The molecule has 0 amide bonds. The smallest absolute Gasteiger partial charge is 0.337 e. The van der Waals surface area contributed by atoms with Gasteiger partial charge in [0.1, 0.15) is 15.7 Å². The molecule has 0 aliphatic rings. The van der Waals surface area contributed by atoms with Crippen LogP contribution in [0.25, 0.3) is 0 Å². The van der Waals surface area contributed by atoms with Crippen LogP contribution < -0.4 is 11.2 Å². The predicted octanol–water partition coefficient (Wildman–Crippen LogP) is 4.09. The molecule has 6 nitrogen and oxygen atoms in total. The lowest BCUT2D eigenvalue weighted by molar-refractivity contribution is 0.0696. The van der Waals surface area contributed by atoms with E-state index in [0.29, 0.717) is 27.9 Å². The molecule has 0 fully saturated rings. The van der Waals surface area contributed by atoms with Gasteiger partial charge in [-0.3, -0.25) is 9.18 Å². The summed E-state index contributed by atoms with van der Waals surface area (Å²) in [5.74, 6) is -0.953. The summed E-state index contributed by atoms with van der Waals surface area (Å²) in [7, 11) is 17.1. The summed E-state index contributed by atoms with van der Waals surface area (Å²) in [6.07, 6.45) is 2.88. The van der Waals surface area contributed by atoms with E-state index in [1.807, 2.05) is 0 Å². The van der Waals surface area contributed by atoms with Crippen molar-refractivity contribution in [2.45, 2.75) is 36.1 Å². The average Bonchev–Trinajstić information content (AvgIpc) is 3.04. The number of alkyl halides is 1. The van der Waals surface area contributed by atoms with E-state index in [1.165, 1.54) is 12.4 Å². The van der Waals surface area contributed by atoms with Gasteiger partial charge in [-0.25, -0.2) is 9.00 Å². The number of carbonyl (C=O) groups excluding carboxylic acids is 1. The summed E-state index contributed by atoms with van der Waals surface area (Å²) < 4.78 is 24.6. The molecule has 0 spiro atoms. The van der Waals surface area contributed by atoms with Crippen molar-refractivity contribution in [3.63, 3.8) is 0 Å². The molecule has 2 rings (SSSR count). The lowest BCUT2D eigenvalue weighted by atomic mass is 9.99. The maximum atomic E-state index is 10.6. The van der Waals surface area contributed by atoms with E-state index in [9.17, 15) is 14.0 Å². The first-order valence-electron chi connectivity index (χ1n) is 7.00. The van der Waals surface area contributed by atoms with Gasteiger partial charge >= 0.3 is 5.97 Å². The number of hydrogen-bond donors (Lipinski definition) is 3. The Morgan fingerprint density at radius 2 is 1.38 bits per heavy atom. The van der Waals surface area contributed by atoms with Crippen molar-refractivity contribution in [2.75, 3.05) is 7.15 Å². The van der Waals surface area contributed by atoms with Gasteiger partial charge < -0.3 is 15.1 Å². The third-order valence-electron chi connectivity index (χ3n) is 2.80. The number of H-pyrrole nitrogens is 2. The monoisotopic (exact) mass is 492 g/mol. The third kappa shape index (κ3) is 15.3. The van der Waals surface area contributed by atoms with Crippen LogP contribution in [0.2, 0.25) is 0 Å². The second-order valence-electron chi connectivity index (χ2n) is 4.25. The van der Waals surface area contributed by atoms with Gasteiger partial charge in [0.2, 0.25) is 9.23 Å². The van der Waals surface area contributed by atoms with Crippen molar-refractivity contribution < 1.29 is 26.1 Å². The topological polar surface area (TPSA) is 103 Å². The van der Waals surface area contributed by atoms with Gasteiger partial charge in [0.25, 0.3) is 5.24 Å². The van der Waals surface area contributed by atoms with Gasteiger partial charge in [0.15, 0.2) is 0 Å². The van der Waals surface area contributed by atoms with E-state index in [2.05, 4.69) is 31.3 Å². The van der Waals surface area contributed by atoms with Crippen LogP contribution in [0.4, 0.5) is 4.39 Å². The highest BCUT2D eigenvalue weighted by Crippen LogP contribution is 2.06. The molecule has 2 heterocycles. The van der Waals surface area contributed by atoms with Gasteiger partial charge in [-0.05, 0) is 47.8 Å². The summed E-state index contributed by atoms with van der Waals surface area (Å²) >= 11 is 5.21. The molecule has 0 atom stereocenters. The largest absolute Gasteiger partial charge is 0.478 e. The van der Waals surface area contributed by atoms with E-state index in [-0.39, 0.29) is 29.3 Å². The van der Waals surface area contributed by atoms with Crippen LogP contribution in [0.1, 0.15) is 56.9 Å². The van der Waals surface area contributed by atoms with Crippen molar-refractivity contribution >= 4 is 80.3 Å². The number of hydrogen-bond acceptors (Lipinski definition) is 3. The van der Waals surface area contributed by atoms with Crippen molar-refractivity contribution in [1.29, 1.82) is 0 Å². The van der Waals surface area contributed by atoms with Crippen molar-refractivity contribution in [3.05, 3.63) is 34.6 Å². The number of halogens is 4. The highest BCUT2D eigenvalue weighted by Gasteiger charge is 2.08. The summed E-state index contributed by atoms with van der Waals surface area (Å²) in [5.41, 5.74) is 2.88. The van der Waals surface area contributed by atoms with Crippen LogP contribution in [0, 0.1) is 13.8 Å². The molecule has 29 heavy (non-hydrogen) atoms. The van der Waals surface area contributed by atoms with E-state index in [1.54, 1.807) is 13.8 Å². The van der Waals surface area contributed by atoms with E-state index < -0.39 is 27.6 Å². The molecule has 0 unspecified atom stereocenters. The lowest BCUT2D eigenvalue weighted by Crippen LogP contribution is -2.07. The summed E-state index contributed by atoms with van der Waals surface area (Å²) in [5, 5.41) is 8.02. The van der Waals surface area contributed by atoms with E-state index >= 15 is 0 Å². The minimum absolute atomic E-state index is 0. The van der Waals surface area contributed by atoms with Crippen molar-refractivity contribution in [3.8, 4) is 0 Å². The molecular weight excluding hydrogens is 463 g/mol. The molecule has 0 aromatic carbocycles. The van der Waals surface area contributed by atoms with Gasteiger partial charge in [-0.2, -0.15) is 0 Å². The molecule has 166 valence electrons. The molecule has 3 N–H and O–H groups in total. The molecule has 13 heteroatoms. The molecular formula is C16H28B2Cl3FN2O4S. The lowest BCUT2D eigenvalue weighted by Gasteiger charge is -1.90. The number of nitrogens with one attached hydrogen (secondary N) is 2. The molecule has 4 radical (unpaired) electrons. The SMILES string of the molecule is C.C.C.O=S(Cl)Cl.[2HH].[2H]CF.[B]c1[nH]cc(C(=O)Cl)c1C.[B]c1[nH]cc(C(=O)O)c1C. The first-order chi connectivity index (χ1) is 12.4. The fourth-order valence-electron chi connectivity index (χ4n) is 1.45. The van der Waals surface area contributed by atoms with Crippen molar-refractivity contribution in [2.24, 2.45) is 0 Å². The number of aromatic carboxylic acids is 1. The Morgan fingerprint density at radius 3 is 1.48 bits per heavy atom. The number of carboxylic acid groups (broad SMARTS) is 1. The number of carbonyl (C=O) groups is 2. The zero-order valence-electron chi connectivity index (χ0n) is 14.6. The van der Waals surface area contributed by atoms with Crippen LogP contribution in [0.5, 0.6) is 0 Å². The molecule has 0 bridgehead atoms. The van der Waals surface area contributed by atoms with E-state index in [0.717, 1.165) is 0 Å². The molecule has 0 aliphatic heterocycles. The fourth-order valence-corrected chi connectivity index (χ4v) is 1.65. The second kappa shape index (κ2) is 20.1. The van der Waals surface area contributed by atoms with Crippen LogP contribution in [-0.2, 0) is 9.23 Å². The molecule has 2 aromatic heterocycles. The Kier molecular flexibility index (Phi) is 24.4. The maximum Gasteiger partial charge on any atom is 0.337 e. The maximum absolute atomic E-state index is 10.6. The number of aromatic nitrogens is 2. The summed E-state index contributed by atoms with van der Waals surface area (Å²) in [4.78, 5) is 26.2. The standard InChI is InChI=1S/C6H5BClNO.C6H6BNO2.CH3F.3CH4.Cl2OS.H2/c1-3-4(6(8)10)2-9-5(3)7;1-3-4(6(9)10)2-8-5(3)7;1-2;;;;1-4(2)3;/h2,9H,1H3;2,8H,1H3,(H,9,10);1H3;3*1H4;;1H/i;;1D;;;;;1+1. The Labute approximate surface area is 194 Å². The van der Waals surface area contributed by atoms with Gasteiger partial charge in [0, 0.05) is 35.2 Å². The van der Waals surface area contributed by atoms with Crippen LogP contribution >= 0.6 is 33.0 Å². The number of rotatable bonds is 2. The quantitative estimate of drug-likeness (QED) is 0.433. The summed E-state index contributed by atoms with van der Waals surface area (Å²) in [6, 6.07) is 0. The van der Waals surface area contributed by atoms with Crippen molar-refractivity contribution in [1.82, 2.24) is 9.97 Å². The molecule has 0 saturated carbocycles.